The Balaban J connectivity index is 1.42. The summed E-state index contributed by atoms with van der Waals surface area (Å²) in [6.07, 6.45) is 7.16. The first-order chi connectivity index (χ1) is 19.9. The average molecular weight is 554 g/mol. The van der Waals surface area contributed by atoms with Crippen LogP contribution in [0.1, 0.15) is 86.6 Å². The number of benzene rings is 3. The van der Waals surface area contributed by atoms with E-state index in [2.05, 4.69) is 5.32 Å². The van der Waals surface area contributed by atoms with Crippen molar-refractivity contribution in [2.75, 3.05) is 13.3 Å². The van der Waals surface area contributed by atoms with Crippen molar-refractivity contribution in [1.82, 2.24) is 5.32 Å². The van der Waals surface area contributed by atoms with Gasteiger partial charge in [0.25, 0.3) is 5.91 Å². The van der Waals surface area contributed by atoms with E-state index in [1.165, 1.54) is 55.2 Å². The fourth-order valence-corrected chi connectivity index (χ4v) is 5.23. The standard InChI is InChI=1S/C33H31NO7/c35-28(26-14-15-29-30(18-26)41-20-40-29)19-27(23-8-6-22(7-9-23)21-4-2-1-3-5-21)32(38)24-10-12-25(13-11-24)33(39)34-17-16-31(36)37/h6-15,18-19,21H,1-5,16-17,20H2,(H,34,39)(H,36,37)/b27-19+. The molecule has 8 nitrogen and oxygen atoms in total. The highest BCUT2D eigenvalue weighted by Gasteiger charge is 2.21. The number of carbonyl (C=O) groups is 4. The summed E-state index contributed by atoms with van der Waals surface area (Å²) >= 11 is 0. The van der Waals surface area contributed by atoms with Crippen LogP contribution in [-0.4, -0.2) is 41.9 Å². The van der Waals surface area contributed by atoms with Crippen molar-refractivity contribution in [2.24, 2.45) is 0 Å². The minimum absolute atomic E-state index is 0.000553. The van der Waals surface area contributed by atoms with E-state index in [-0.39, 0.29) is 36.9 Å². The van der Waals surface area contributed by atoms with Gasteiger partial charge in [0, 0.05) is 28.8 Å². The van der Waals surface area contributed by atoms with Gasteiger partial charge < -0.3 is 19.9 Å². The number of amides is 1. The van der Waals surface area contributed by atoms with Gasteiger partial charge >= 0.3 is 5.97 Å². The molecule has 2 aliphatic rings. The van der Waals surface area contributed by atoms with E-state index < -0.39 is 11.9 Å². The van der Waals surface area contributed by atoms with E-state index in [1.807, 2.05) is 24.3 Å². The molecular formula is C33H31NO7. The molecule has 1 aliphatic carbocycles. The Morgan fingerprint density at radius 2 is 1.41 bits per heavy atom. The van der Waals surface area contributed by atoms with Crippen LogP contribution < -0.4 is 14.8 Å². The SMILES string of the molecule is O=C(O)CCNC(=O)c1ccc(C(=O)/C(=C/C(=O)c2ccc3c(c2)OCO3)c2ccc(C3CCCCC3)cc2)cc1. The molecular weight excluding hydrogens is 522 g/mol. The number of nitrogens with one attached hydrogen (secondary N) is 1. The smallest absolute Gasteiger partial charge is 0.305 e. The summed E-state index contributed by atoms with van der Waals surface area (Å²) < 4.78 is 10.8. The number of carbonyl (C=O) groups excluding carboxylic acids is 3. The van der Waals surface area contributed by atoms with Crippen molar-refractivity contribution in [3.05, 3.63) is 101 Å². The van der Waals surface area contributed by atoms with Gasteiger partial charge in [-0.2, -0.15) is 0 Å². The number of ether oxygens (including phenoxy) is 2. The fraction of sp³-hybridized carbons (Fsp3) is 0.273. The Hall–Kier alpha value is -4.72. The number of hydrogen-bond donors (Lipinski definition) is 2. The second kappa shape index (κ2) is 12.6. The molecule has 0 saturated heterocycles. The molecule has 0 atom stereocenters. The normalized spacial score (nSPS) is 14.9. The van der Waals surface area contributed by atoms with Crippen LogP contribution in [-0.2, 0) is 4.79 Å². The van der Waals surface area contributed by atoms with Crippen molar-refractivity contribution >= 4 is 29.0 Å². The first-order valence-corrected chi connectivity index (χ1v) is 13.8. The number of carboxylic acids is 1. The summed E-state index contributed by atoms with van der Waals surface area (Å²) in [5.74, 6) is -0.603. The van der Waals surface area contributed by atoms with Gasteiger partial charge in [-0.15, -0.1) is 0 Å². The van der Waals surface area contributed by atoms with E-state index in [9.17, 15) is 19.2 Å². The second-order valence-electron chi connectivity index (χ2n) is 10.3. The minimum atomic E-state index is -1.01. The summed E-state index contributed by atoms with van der Waals surface area (Å²) in [6.45, 7) is 0.0913. The van der Waals surface area contributed by atoms with Gasteiger partial charge in [0.2, 0.25) is 6.79 Å². The highest BCUT2D eigenvalue weighted by Crippen LogP contribution is 2.35. The number of carboxylic acid groups (broad SMARTS) is 1. The zero-order valence-corrected chi connectivity index (χ0v) is 22.6. The van der Waals surface area contributed by atoms with Crippen molar-refractivity contribution in [3.8, 4) is 11.5 Å². The molecule has 41 heavy (non-hydrogen) atoms. The number of aliphatic carboxylic acids is 1. The number of allylic oxidation sites excluding steroid dienone is 2. The number of hydrogen-bond acceptors (Lipinski definition) is 6. The lowest BCUT2D eigenvalue weighted by Gasteiger charge is -2.22. The van der Waals surface area contributed by atoms with E-state index >= 15 is 0 Å². The van der Waals surface area contributed by atoms with Gasteiger partial charge in [-0.25, -0.2) is 0 Å². The number of Topliss-reactive ketones (excluding diaryl/α,β-unsaturated/α-hetero) is 1. The van der Waals surface area contributed by atoms with Crippen molar-refractivity contribution in [3.63, 3.8) is 0 Å². The maximum absolute atomic E-state index is 13.8. The summed E-state index contributed by atoms with van der Waals surface area (Å²) in [6, 6.07) is 18.9. The quantitative estimate of drug-likeness (QED) is 0.240. The van der Waals surface area contributed by atoms with E-state index in [1.54, 1.807) is 18.2 Å². The molecule has 8 heteroatoms. The summed E-state index contributed by atoms with van der Waals surface area (Å²) in [7, 11) is 0. The Morgan fingerprint density at radius 1 is 0.780 bits per heavy atom. The molecule has 3 aromatic carbocycles. The lowest BCUT2D eigenvalue weighted by atomic mass is 9.83. The molecule has 2 N–H and O–H groups in total. The summed E-state index contributed by atoms with van der Waals surface area (Å²) in [4.78, 5) is 50.2. The number of rotatable bonds is 10. The van der Waals surface area contributed by atoms with Crippen LogP contribution in [0.2, 0.25) is 0 Å². The van der Waals surface area contributed by atoms with Crippen LogP contribution in [0.5, 0.6) is 11.5 Å². The van der Waals surface area contributed by atoms with Gasteiger partial charge in [0.05, 0.1) is 6.42 Å². The van der Waals surface area contributed by atoms with E-state index in [0.29, 0.717) is 39.7 Å². The Labute approximate surface area is 238 Å². The molecule has 5 rings (SSSR count). The molecule has 1 fully saturated rings. The average Bonchev–Trinajstić information content (AvgIpc) is 3.48. The molecule has 0 radical (unpaired) electrons. The first-order valence-electron chi connectivity index (χ1n) is 13.8. The van der Waals surface area contributed by atoms with Crippen LogP contribution in [0.25, 0.3) is 5.57 Å². The van der Waals surface area contributed by atoms with Crippen molar-refractivity contribution in [1.29, 1.82) is 0 Å². The Kier molecular flexibility index (Phi) is 8.58. The minimum Gasteiger partial charge on any atom is -0.481 e. The highest BCUT2D eigenvalue weighted by atomic mass is 16.7. The van der Waals surface area contributed by atoms with Gasteiger partial charge in [-0.05, 0) is 66.3 Å². The van der Waals surface area contributed by atoms with Crippen LogP contribution >= 0.6 is 0 Å². The van der Waals surface area contributed by atoms with E-state index in [4.69, 9.17) is 14.6 Å². The lowest BCUT2D eigenvalue weighted by Crippen LogP contribution is -2.26. The molecule has 1 heterocycles. The maximum atomic E-state index is 13.8. The number of fused-ring (bicyclic) bond motifs is 1. The third-order valence-electron chi connectivity index (χ3n) is 7.51. The monoisotopic (exact) mass is 553 g/mol. The Bertz CT molecular complexity index is 1480. The molecule has 0 spiro atoms. The van der Waals surface area contributed by atoms with Crippen LogP contribution in [0.3, 0.4) is 0 Å². The maximum Gasteiger partial charge on any atom is 0.305 e. The molecule has 0 aromatic heterocycles. The molecule has 210 valence electrons. The van der Waals surface area contributed by atoms with Crippen molar-refractivity contribution in [2.45, 2.75) is 44.4 Å². The van der Waals surface area contributed by atoms with E-state index in [0.717, 1.165) is 12.8 Å². The lowest BCUT2D eigenvalue weighted by molar-refractivity contribution is -0.136. The number of ketones is 2. The predicted molar refractivity (Wildman–Crippen MR) is 152 cm³/mol. The molecule has 1 aliphatic heterocycles. The third kappa shape index (κ3) is 6.72. The second-order valence-corrected chi connectivity index (χ2v) is 10.3. The first kappa shape index (κ1) is 27.8. The molecule has 1 saturated carbocycles. The molecule has 3 aromatic rings. The Morgan fingerprint density at radius 3 is 2.12 bits per heavy atom. The van der Waals surface area contributed by atoms with Crippen LogP contribution in [0.15, 0.2) is 72.8 Å². The fourth-order valence-electron chi connectivity index (χ4n) is 5.23. The van der Waals surface area contributed by atoms with Gasteiger partial charge in [-0.3, -0.25) is 19.2 Å². The van der Waals surface area contributed by atoms with Gasteiger partial charge in [-0.1, -0.05) is 55.7 Å². The largest absolute Gasteiger partial charge is 0.481 e. The van der Waals surface area contributed by atoms with Crippen LogP contribution in [0.4, 0.5) is 0 Å². The van der Waals surface area contributed by atoms with Gasteiger partial charge in [0.15, 0.2) is 23.1 Å². The van der Waals surface area contributed by atoms with Crippen molar-refractivity contribution < 1.29 is 33.8 Å². The third-order valence-corrected chi connectivity index (χ3v) is 7.51. The predicted octanol–water partition coefficient (Wildman–Crippen LogP) is 5.82. The topological polar surface area (TPSA) is 119 Å². The molecule has 1 amide bonds. The van der Waals surface area contributed by atoms with Gasteiger partial charge in [0.1, 0.15) is 0 Å². The summed E-state index contributed by atoms with van der Waals surface area (Å²) in [5, 5.41) is 11.3. The zero-order chi connectivity index (χ0) is 28.8. The highest BCUT2D eigenvalue weighted by molar-refractivity contribution is 6.32. The van der Waals surface area contributed by atoms with Crippen LogP contribution in [0, 0.1) is 0 Å². The molecule has 0 bridgehead atoms. The molecule has 0 unspecified atom stereocenters. The summed E-state index contributed by atoms with van der Waals surface area (Å²) in [5.41, 5.74) is 3.08. The zero-order valence-electron chi connectivity index (χ0n) is 22.6.